The average Bonchev–Trinajstić information content (AvgIpc) is 3.28. The number of benzene rings is 1. The second kappa shape index (κ2) is 5.87. The fraction of sp³-hybridized carbons (Fsp3) is 0.462. The quantitative estimate of drug-likeness (QED) is 0.598. The number of rotatable bonds is 6. The molecule has 1 unspecified atom stereocenters. The summed E-state index contributed by atoms with van der Waals surface area (Å²) in [6.07, 6.45) is 2.19. The summed E-state index contributed by atoms with van der Waals surface area (Å²) < 4.78 is 5.05. The normalized spacial score (nSPS) is 15.5. The smallest absolute Gasteiger partial charge is 0.270 e. The molecule has 7 heteroatoms. The predicted octanol–water partition coefficient (Wildman–Crippen LogP) is 1.07. The van der Waals surface area contributed by atoms with Crippen LogP contribution in [0.3, 0.4) is 0 Å². The zero-order valence-corrected chi connectivity index (χ0v) is 11.2. The Bertz CT molecular complexity index is 528. The van der Waals surface area contributed by atoms with E-state index in [0.717, 1.165) is 12.8 Å². The molecule has 0 aromatic heterocycles. The fourth-order valence-electron chi connectivity index (χ4n) is 1.98. The van der Waals surface area contributed by atoms with Gasteiger partial charge in [0.2, 0.25) is 0 Å². The maximum absolute atomic E-state index is 12.1. The molecular weight excluding hydrogens is 262 g/mol. The number of ether oxygens (including phenoxy) is 1. The molecule has 108 valence electrons. The highest BCUT2D eigenvalue weighted by molar-refractivity contribution is 5.97. The first kappa shape index (κ1) is 14.3. The summed E-state index contributed by atoms with van der Waals surface area (Å²) in [4.78, 5) is 22.3. The highest BCUT2D eigenvalue weighted by Crippen LogP contribution is 2.31. The third-order valence-electron chi connectivity index (χ3n) is 3.36. The highest BCUT2D eigenvalue weighted by atomic mass is 16.6. The van der Waals surface area contributed by atoms with Gasteiger partial charge in [0.15, 0.2) is 0 Å². The van der Waals surface area contributed by atoms with Crippen molar-refractivity contribution in [1.29, 1.82) is 0 Å². The topological polar surface area (TPSA) is 107 Å². The molecule has 0 bridgehead atoms. The van der Waals surface area contributed by atoms with Crippen molar-refractivity contribution >= 4 is 11.6 Å². The van der Waals surface area contributed by atoms with Gasteiger partial charge in [0.1, 0.15) is 5.75 Å². The van der Waals surface area contributed by atoms with Crippen molar-refractivity contribution in [3.8, 4) is 5.75 Å². The van der Waals surface area contributed by atoms with Crippen LogP contribution in [0, 0.1) is 16.0 Å². The van der Waals surface area contributed by atoms with Gasteiger partial charge in [0.25, 0.3) is 11.6 Å². The number of nitro benzene ring substituents is 1. The molecule has 0 heterocycles. The van der Waals surface area contributed by atoms with Crippen LogP contribution in [0.5, 0.6) is 5.75 Å². The van der Waals surface area contributed by atoms with Crippen LogP contribution < -0.4 is 15.8 Å². The number of nitro groups is 1. The van der Waals surface area contributed by atoms with E-state index in [0.29, 0.717) is 18.2 Å². The Balaban J connectivity index is 2.09. The number of hydrogen-bond acceptors (Lipinski definition) is 5. The SMILES string of the molecule is COc1ccc([N+](=O)[O-])cc1C(=O)NCC(N)C1CC1. The van der Waals surface area contributed by atoms with Crippen LogP contribution in [0.2, 0.25) is 0 Å². The second-order valence-corrected chi connectivity index (χ2v) is 4.85. The summed E-state index contributed by atoms with van der Waals surface area (Å²) in [6, 6.07) is 3.85. The molecule has 0 saturated heterocycles. The first-order chi connectivity index (χ1) is 9.52. The van der Waals surface area contributed by atoms with E-state index in [4.69, 9.17) is 10.5 Å². The van der Waals surface area contributed by atoms with Crippen molar-refractivity contribution in [3.05, 3.63) is 33.9 Å². The monoisotopic (exact) mass is 279 g/mol. The third-order valence-corrected chi connectivity index (χ3v) is 3.36. The molecule has 1 atom stereocenters. The minimum absolute atomic E-state index is 0.0661. The Labute approximate surface area is 116 Å². The molecule has 1 fully saturated rings. The average molecular weight is 279 g/mol. The molecule has 0 radical (unpaired) electrons. The minimum atomic E-state index is -0.549. The molecule has 3 N–H and O–H groups in total. The molecule has 1 amide bonds. The number of nitrogens with zero attached hydrogens (tertiary/aromatic N) is 1. The number of non-ortho nitro benzene ring substituents is 1. The molecule has 0 aliphatic heterocycles. The predicted molar refractivity (Wildman–Crippen MR) is 72.7 cm³/mol. The molecule has 1 saturated carbocycles. The first-order valence-electron chi connectivity index (χ1n) is 6.39. The molecule has 20 heavy (non-hydrogen) atoms. The fourth-order valence-corrected chi connectivity index (χ4v) is 1.98. The van der Waals surface area contributed by atoms with Gasteiger partial charge in [-0.2, -0.15) is 0 Å². The first-order valence-corrected chi connectivity index (χ1v) is 6.39. The van der Waals surface area contributed by atoms with Gasteiger partial charge in [-0.25, -0.2) is 0 Å². The van der Waals surface area contributed by atoms with Crippen LogP contribution in [-0.4, -0.2) is 30.5 Å². The molecule has 1 aromatic rings. The lowest BCUT2D eigenvalue weighted by Gasteiger charge is -2.13. The lowest BCUT2D eigenvalue weighted by atomic mass is 10.1. The second-order valence-electron chi connectivity index (χ2n) is 4.85. The molecule has 2 rings (SSSR count). The van der Waals surface area contributed by atoms with E-state index in [1.807, 2.05) is 0 Å². The van der Waals surface area contributed by atoms with Crippen molar-refractivity contribution in [2.45, 2.75) is 18.9 Å². The highest BCUT2D eigenvalue weighted by Gasteiger charge is 2.28. The number of carbonyl (C=O) groups is 1. The standard InChI is InChI=1S/C13H17N3O4/c1-20-12-5-4-9(16(18)19)6-10(12)13(17)15-7-11(14)8-2-3-8/h4-6,8,11H,2-3,7,14H2,1H3,(H,15,17). The molecule has 1 aromatic carbocycles. The summed E-state index contributed by atoms with van der Waals surface area (Å²) in [5.74, 6) is 0.358. The van der Waals surface area contributed by atoms with E-state index in [9.17, 15) is 14.9 Å². The molecule has 0 spiro atoms. The molecule has 1 aliphatic rings. The van der Waals surface area contributed by atoms with Crippen molar-refractivity contribution in [2.24, 2.45) is 11.7 Å². The lowest BCUT2D eigenvalue weighted by molar-refractivity contribution is -0.384. The number of nitrogens with one attached hydrogen (secondary N) is 1. The zero-order chi connectivity index (χ0) is 14.7. The number of hydrogen-bond donors (Lipinski definition) is 2. The number of amides is 1. The van der Waals surface area contributed by atoms with E-state index in [1.54, 1.807) is 0 Å². The van der Waals surface area contributed by atoms with Gasteiger partial charge in [-0.15, -0.1) is 0 Å². The largest absolute Gasteiger partial charge is 0.496 e. The van der Waals surface area contributed by atoms with Crippen LogP contribution >= 0.6 is 0 Å². The van der Waals surface area contributed by atoms with Crippen LogP contribution in [0.15, 0.2) is 18.2 Å². The van der Waals surface area contributed by atoms with E-state index >= 15 is 0 Å². The van der Waals surface area contributed by atoms with Crippen LogP contribution in [0.25, 0.3) is 0 Å². The van der Waals surface area contributed by atoms with Gasteiger partial charge in [0.05, 0.1) is 17.6 Å². The van der Waals surface area contributed by atoms with Crippen molar-refractivity contribution in [2.75, 3.05) is 13.7 Å². The summed E-state index contributed by atoms with van der Waals surface area (Å²) in [5.41, 5.74) is 5.89. The van der Waals surface area contributed by atoms with Crippen LogP contribution in [0.1, 0.15) is 23.2 Å². The Morgan fingerprint density at radius 2 is 2.30 bits per heavy atom. The van der Waals surface area contributed by atoms with Gasteiger partial charge in [-0.05, 0) is 24.8 Å². The maximum Gasteiger partial charge on any atom is 0.270 e. The Kier molecular flexibility index (Phi) is 4.19. The number of carbonyl (C=O) groups excluding carboxylic acids is 1. The van der Waals surface area contributed by atoms with Crippen molar-refractivity contribution < 1.29 is 14.5 Å². The molecular formula is C13H17N3O4. The van der Waals surface area contributed by atoms with Gasteiger partial charge < -0.3 is 15.8 Å². The minimum Gasteiger partial charge on any atom is -0.496 e. The van der Waals surface area contributed by atoms with Gasteiger partial charge in [-0.3, -0.25) is 14.9 Å². The van der Waals surface area contributed by atoms with Gasteiger partial charge in [-0.1, -0.05) is 0 Å². The van der Waals surface area contributed by atoms with Crippen LogP contribution in [0.4, 0.5) is 5.69 Å². The molecule has 1 aliphatic carbocycles. The Morgan fingerprint density at radius 1 is 1.60 bits per heavy atom. The van der Waals surface area contributed by atoms with E-state index in [2.05, 4.69) is 5.32 Å². The number of nitrogens with two attached hydrogens (primary N) is 1. The van der Waals surface area contributed by atoms with Gasteiger partial charge >= 0.3 is 0 Å². The summed E-state index contributed by atoms with van der Waals surface area (Å²) in [6.45, 7) is 0.356. The van der Waals surface area contributed by atoms with Gasteiger partial charge in [0, 0.05) is 24.7 Å². The number of methoxy groups -OCH3 is 1. The molecule has 7 nitrogen and oxygen atoms in total. The van der Waals surface area contributed by atoms with E-state index in [1.165, 1.54) is 25.3 Å². The van der Waals surface area contributed by atoms with Crippen molar-refractivity contribution in [3.63, 3.8) is 0 Å². The summed E-state index contributed by atoms with van der Waals surface area (Å²) >= 11 is 0. The zero-order valence-electron chi connectivity index (χ0n) is 11.2. The van der Waals surface area contributed by atoms with Crippen LogP contribution in [-0.2, 0) is 0 Å². The maximum atomic E-state index is 12.1. The Morgan fingerprint density at radius 3 is 2.85 bits per heavy atom. The summed E-state index contributed by atoms with van der Waals surface area (Å²) in [7, 11) is 1.41. The lowest BCUT2D eigenvalue weighted by Crippen LogP contribution is -2.38. The third kappa shape index (κ3) is 3.24. The van der Waals surface area contributed by atoms with E-state index in [-0.39, 0.29) is 17.3 Å². The Hall–Kier alpha value is -2.15. The van der Waals surface area contributed by atoms with E-state index < -0.39 is 10.8 Å². The summed E-state index contributed by atoms with van der Waals surface area (Å²) in [5, 5.41) is 13.4. The van der Waals surface area contributed by atoms with Crippen molar-refractivity contribution in [1.82, 2.24) is 5.32 Å².